The minimum absolute atomic E-state index is 0.0480. The summed E-state index contributed by atoms with van der Waals surface area (Å²) in [5.41, 5.74) is 5.71. The second-order valence-corrected chi connectivity index (χ2v) is 4.33. The van der Waals surface area contributed by atoms with E-state index in [2.05, 4.69) is 12.2 Å². The minimum atomic E-state index is -0.486. The van der Waals surface area contributed by atoms with Crippen LogP contribution in [0.5, 0.6) is 0 Å². The van der Waals surface area contributed by atoms with Gasteiger partial charge in [-0.05, 0) is 24.8 Å². The summed E-state index contributed by atoms with van der Waals surface area (Å²) in [6.07, 6.45) is 8.60. The quantitative estimate of drug-likeness (QED) is 0.514. The van der Waals surface area contributed by atoms with E-state index in [1.165, 1.54) is 12.3 Å². The Bertz CT molecular complexity index is 333. The van der Waals surface area contributed by atoms with Gasteiger partial charge in [-0.25, -0.2) is 0 Å². The molecule has 0 fully saturated rings. The van der Waals surface area contributed by atoms with E-state index in [1.54, 1.807) is 0 Å². The number of nitrogens with two attached hydrogens (primary N) is 1. The Morgan fingerprint density at radius 2 is 2.00 bits per heavy atom. The van der Waals surface area contributed by atoms with Crippen LogP contribution in [-0.4, -0.2) is 11.8 Å². The SMILES string of the molecule is CCCCC=CC(=O)NC=C(C(N)=O)C(C)CC. The Balaban J connectivity index is 4.36. The number of unbranched alkanes of at least 4 members (excludes halogenated alkanes) is 2. The Hall–Kier alpha value is -1.58. The van der Waals surface area contributed by atoms with Crippen LogP contribution in [0.2, 0.25) is 0 Å². The lowest BCUT2D eigenvalue weighted by molar-refractivity contribution is -0.115. The fourth-order valence-electron chi connectivity index (χ4n) is 1.39. The lowest BCUT2D eigenvalue weighted by Gasteiger charge is -2.10. The highest BCUT2D eigenvalue weighted by atomic mass is 16.2. The van der Waals surface area contributed by atoms with E-state index in [0.717, 1.165) is 25.7 Å². The second kappa shape index (κ2) is 9.45. The van der Waals surface area contributed by atoms with Gasteiger partial charge in [0.1, 0.15) is 0 Å². The van der Waals surface area contributed by atoms with Crippen LogP contribution in [-0.2, 0) is 9.59 Å². The molecule has 0 saturated heterocycles. The van der Waals surface area contributed by atoms with Crippen LogP contribution < -0.4 is 11.1 Å². The molecule has 1 unspecified atom stereocenters. The third-order valence-corrected chi connectivity index (χ3v) is 2.79. The summed E-state index contributed by atoms with van der Waals surface area (Å²) in [4.78, 5) is 22.6. The molecule has 4 nitrogen and oxygen atoms in total. The molecule has 3 N–H and O–H groups in total. The van der Waals surface area contributed by atoms with Crippen LogP contribution in [0.3, 0.4) is 0 Å². The van der Waals surface area contributed by atoms with E-state index in [1.807, 2.05) is 19.9 Å². The maximum Gasteiger partial charge on any atom is 0.247 e. The molecule has 0 aliphatic carbocycles. The zero-order chi connectivity index (χ0) is 14.0. The molecule has 4 heteroatoms. The second-order valence-electron chi connectivity index (χ2n) is 4.33. The highest BCUT2D eigenvalue weighted by Gasteiger charge is 2.12. The van der Waals surface area contributed by atoms with Gasteiger partial charge in [0, 0.05) is 11.8 Å². The zero-order valence-electron chi connectivity index (χ0n) is 11.5. The monoisotopic (exact) mass is 252 g/mol. The van der Waals surface area contributed by atoms with E-state index in [9.17, 15) is 9.59 Å². The molecule has 0 aromatic heterocycles. The molecule has 0 aliphatic rings. The molecule has 0 saturated carbocycles. The van der Waals surface area contributed by atoms with E-state index in [4.69, 9.17) is 5.73 Å². The average molecular weight is 252 g/mol. The van der Waals surface area contributed by atoms with Gasteiger partial charge in [0.25, 0.3) is 0 Å². The summed E-state index contributed by atoms with van der Waals surface area (Å²) in [7, 11) is 0. The van der Waals surface area contributed by atoms with Gasteiger partial charge in [-0.3, -0.25) is 9.59 Å². The highest BCUT2D eigenvalue weighted by Crippen LogP contribution is 2.12. The first-order chi connectivity index (χ1) is 8.52. The van der Waals surface area contributed by atoms with Crippen molar-refractivity contribution in [3.63, 3.8) is 0 Å². The molecule has 0 bridgehead atoms. The Morgan fingerprint density at radius 1 is 1.33 bits per heavy atom. The molecule has 0 spiro atoms. The van der Waals surface area contributed by atoms with Crippen molar-refractivity contribution in [2.45, 2.75) is 46.5 Å². The molecule has 0 aliphatic heterocycles. The number of carbonyl (C=O) groups excluding carboxylic acids is 2. The van der Waals surface area contributed by atoms with Crippen molar-refractivity contribution in [3.05, 3.63) is 23.9 Å². The van der Waals surface area contributed by atoms with Gasteiger partial charge in [-0.2, -0.15) is 0 Å². The van der Waals surface area contributed by atoms with Gasteiger partial charge in [0.2, 0.25) is 11.8 Å². The molecule has 18 heavy (non-hydrogen) atoms. The Labute approximate surface area is 109 Å². The smallest absolute Gasteiger partial charge is 0.247 e. The molecular formula is C14H24N2O2. The summed E-state index contributed by atoms with van der Waals surface area (Å²) in [6.45, 7) is 5.97. The first-order valence-electron chi connectivity index (χ1n) is 6.49. The van der Waals surface area contributed by atoms with Crippen LogP contribution in [0.1, 0.15) is 46.5 Å². The van der Waals surface area contributed by atoms with Crippen molar-refractivity contribution in [2.24, 2.45) is 11.7 Å². The molecule has 102 valence electrons. The molecule has 0 rings (SSSR count). The maximum atomic E-state index is 11.4. The molecule has 0 radical (unpaired) electrons. The van der Waals surface area contributed by atoms with Crippen LogP contribution in [0.25, 0.3) is 0 Å². The van der Waals surface area contributed by atoms with Crippen LogP contribution in [0, 0.1) is 5.92 Å². The largest absolute Gasteiger partial charge is 0.366 e. The van der Waals surface area contributed by atoms with Crippen LogP contribution >= 0.6 is 0 Å². The lowest BCUT2D eigenvalue weighted by Crippen LogP contribution is -2.23. The highest BCUT2D eigenvalue weighted by molar-refractivity contribution is 5.94. The van der Waals surface area contributed by atoms with Crippen molar-refractivity contribution < 1.29 is 9.59 Å². The number of hydrogen-bond acceptors (Lipinski definition) is 2. The normalized spacial score (nSPS) is 13.6. The first-order valence-corrected chi connectivity index (χ1v) is 6.49. The molecule has 2 amide bonds. The van der Waals surface area contributed by atoms with E-state index in [0.29, 0.717) is 5.57 Å². The van der Waals surface area contributed by atoms with E-state index < -0.39 is 5.91 Å². The predicted molar refractivity (Wildman–Crippen MR) is 73.5 cm³/mol. The zero-order valence-corrected chi connectivity index (χ0v) is 11.5. The summed E-state index contributed by atoms with van der Waals surface area (Å²) >= 11 is 0. The molecule has 1 atom stereocenters. The van der Waals surface area contributed by atoms with Gasteiger partial charge < -0.3 is 11.1 Å². The van der Waals surface area contributed by atoms with Gasteiger partial charge in [-0.15, -0.1) is 0 Å². The third-order valence-electron chi connectivity index (χ3n) is 2.79. The molecule has 0 aromatic carbocycles. The molecule has 0 heterocycles. The van der Waals surface area contributed by atoms with E-state index in [-0.39, 0.29) is 11.8 Å². The predicted octanol–water partition coefficient (Wildman–Crippen LogP) is 2.26. The average Bonchev–Trinajstić information content (AvgIpc) is 2.34. The number of primary amides is 1. The van der Waals surface area contributed by atoms with Crippen molar-refractivity contribution >= 4 is 11.8 Å². The van der Waals surface area contributed by atoms with Gasteiger partial charge >= 0.3 is 0 Å². The Morgan fingerprint density at radius 3 is 2.50 bits per heavy atom. The summed E-state index contributed by atoms with van der Waals surface area (Å²) in [5, 5.41) is 2.57. The number of rotatable bonds is 8. The van der Waals surface area contributed by atoms with Crippen molar-refractivity contribution in [2.75, 3.05) is 0 Å². The summed E-state index contributed by atoms with van der Waals surface area (Å²) in [5.74, 6) is -0.667. The van der Waals surface area contributed by atoms with E-state index >= 15 is 0 Å². The fraction of sp³-hybridized carbons (Fsp3) is 0.571. The van der Waals surface area contributed by atoms with Crippen LogP contribution in [0.15, 0.2) is 23.9 Å². The van der Waals surface area contributed by atoms with Crippen LogP contribution in [0.4, 0.5) is 0 Å². The van der Waals surface area contributed by atoms with Crippen molar-refractivity contribution in [3.8, 4) is 0 Å². The van der Waals surface area contributed by atoms with Gasteiger partial charge in [0.15, 0.2) is 0 Å². The van der Waals surface area contributed by atoms with Crippen molar-refractivity contribution in [1.29, 1.82) is 0 Å². The molecular weight excluding hydrogens is 228 g/mol. The minimum Gasteiger partial charge on any atom is -0.366 e. The maximum absolute atomic E-state index is 11.4. The third kappa shape index (κ3) is 6.89. The van der Waals surface area contributed by atoms with Gasteiger partial charge in [-0.1, -0.05) is 39.7 Å². The van der Waals surface area contributed by atoms with Gasteiger partial charge in [0.05, 0.1) is 0 Å². The first kappa shape index (κ1) is 16.4. The summed E-state index contributed by atoms with van der Waals surface area (Å²) < 4.78 is 0. The number of hydrogen-bond donors (Lipinski definition) is 2. The van der Waals surface area contributed by atoms with Crippen molar-refractivity contribution in [1.82, 2.24) is 5.32 Å². The lowest BCUT2D eigenvalue weighted by atomic mass is 9.99. The number of amides is 2. The fourth-order valence-corrected chi connectivity index (χ4v) is 1.39. The number of allylic oxidation sites excluding steroid dienone is 1. The number of carbonyl (C=O) groups is 2. The molecule has 0 aromatic rings. The standard InChI is InChI=1S/C14H24N2O2/c1-4-6-7-8-9-13(17)16-10-12(14(15)18)11(3)5-2/h8-11H,4-7H2,1-3H3,(H2,15,18)(H,16,17). The summed E-state index contributed by atoms with van der Waals surface area (Å²) in [6, 6.07) is 0. The Kier molecular flexibility index (Phi) is 8.62. The topological polar surface area (TPSA) is 72.2 Å². The number of nitrogens with one attached hydrogen (secondary N) is 1.